The highest BCUT2D eigenvalue weighted by molar-refractivity contribution is 7.01. The fraction of sp³-hybridized carbons (Fsp3) is 0.391. The van der Waals surface area contributed by atoms with Gasteiger partial charge in [-0.3, -0.25) is 0 Å². The number of hydrogen-bond donors (Lipinski definition) is 0. The van der Waals surface area contributed by atoms with Crippen LogP contribution in [0.1, 0.15) is 32.6 Å². The molecule has 0 N–H and O–H groups in total. The Kier molecular flexibility index (Phi) is 5.80. The smallest absolute Gasteiger partial charge is 0.0944 e. The van der Waals surface area contributed by atoms with E-state index in [-0.39, 0.29) is 0 Å². The molecule has 0 aliphatic carbocycles. The lowest BCUT2D eigenvalue weighted by molar-refractivity contribution is 0.803. The summed E-state index contributed by atoms with van der Waals surface area (Å²) in [4.78, 5) is 0. The predicted molar refractivity (Wildman–Crippen MR) is 117 cm³/mol. The van der Waals surface area contributed by atoms with Crippen molar-refractivity contribution in [2.45, 2.75) is 57.8 Å². The van der Waals surface area contributed by atoms with Gasteiger partial charge in [-0.2, -0.15) is 0 Å². The van der Waals surface area contributed by atoms with Crippen LogP contribution >= 0.6 is 0 Å². The van der Waals surface area contributed by atoms with E-state index in [4.69, 9.17) is 0 Å². The Hall–Kier alpha value is -1.39. The highest BCUT2D eigenvalue weighted by Crippen LogP contribution is 2.34. The van der Waals surface area contributed by atoms with Crippen molar-refractivity contribution in [3.8, 4) is 0 Å². The second kappa shape index (κ2) is 7.88. The van der Waals surface area contributed by atoms with Gasteiger partial charge in [0.1, 0.15) is 16.1 Å². The number of allylic oxidation sites excluding steroid dienone is 1. The molecule has 0 aromatic heterocycles. The summed E-state index contributed by atoms with van der Waals surface area (Å²) in [6.07, 6.45) is 5.33. The summed E-state index contributed by atoms with van der Waals surface area (Å²) in [5, 5.41) is 5.11. The molecule has 1 aliphatic rings. The zero-order valence-corrected chi connectivity index (χ0v) is 18.1. The lowest BCUT2D eigenvalue weighted by Gasteiger charge is -2.31. The summed E-state index contributed by atoms with van der Waals surface area (Å²) in [5.74, 6) is 0. The Morgan fingerprint density at radius 1 is 0.800 bits per heavy atom. The first-order chi connectivity index (χ1) is 12.1. The number of unbranched alkanes of at least 4 members (excludes halogenated alkanes) is 1. The van der Waals surface area contributed by atoms with Crippen molar-refractivity contribution < 1.29 is 0 Å². The molecule has 1 heterocycles. The molecule has 0 bridgehead atoms. The number of hydrogen-bond acceptors (Lipinski definition) is 0. The van der Waals surface area contributed by atoms with Gasteiger partial charge < -0.3 is 0 Å². The van der Waals surface area contributed by atoms with E-state index in [2.05, 4.69) is 86.4 Å². The van der Waals surface area contributed by atoms with Crippen LogP contribution in [0.5, 0.6) is 0 Å². The third kappa shape index (κ3) is 3.90. The van der Waals surface area contributed by atoms with E-state index in [1.54, 1.807) is 10.4 Å². The molecule has 0 amide bonds. The minimum Gasteiger partial charge on any atom is -0.0944 e. The summed E-state index contributed by atoms with van der Waals surface area (Å²) in [7, 11) is -3.08. The molecule has 1 aliphatic heterocycles. The van der Waals surface area contributed by atoms with Crippen LogP contribution in [-0.2, 0) is 0 Å². The highest BCUT2D eigenvalue weighted by atomic mass is 28.3. The second-order valence-corrected chi connectivity index (χ2v) is 16.7. The molecule has 0 spiro atoms. The van der Waals surface area contributed by atoms with Crippen molar-refractivity contribution in [1.82, 2.24) is 0 Å². The number of benzene rings is 2. The normalized spacial score (nSPS) is 26.8. The Morgan fingerprint density at radius 3 is 2.00 bits per heavy atom. The standard InChI is InChI=1S/C23H32Si2/c1-4-5-13-23-20-24(2,21-14-8-6-9-15-21)18-12-19-25(23,3)22-16-10-7-11-17-22/h6-11,14-17,20H,4-5,12-13,18-19H2,1-3H3/t24-,25-/m1/s1. The molecule has 2 heteroatoms. The maximum absolute atomic E-state index is 2.84. The van der Waals surface area contributed by atoms with Gasteiger partial charge >= 0.3 is 0 Å². The van der Waals surface area contributed by atoms with E-state index < -0.39 is 16.1 Å². The zero-order chi connectivity index (χ0) is 17.8. The largest absolute Gasteiger partial charge is 0.109 e. The first-order valence-electron chi connectivity index (χ1n) is 9.92. The van der Waals surface area contributed by atoms with Crippen LogP contribution in [-0.4, -0.2) is 16.1 Å². The highest BCUT2D eigenvalue weighted by Gasteiger charge is 2.39. The average molecular weight is 365 g/mol. The van der Waals surface area contributed by atoms with Crippen LogP contribution in [0.4, 0.5) is 0 Å². The van der Waals surface area contributed by atoms with Gasteiger partial charge in [0.25, 0.3) is 0 Å². The third-order valence-corrected chi connectivity index (χ3v) is 15.3. The van der Waals surface area contributed by atoms with Crippen LogP contribution in [0.25, 0.3) is 0 Å². The summed E-state index contributed by atoms with van der Waals surface area (Å²) in [5.41, 5.74) is 2.84. The minimum atomic E-state index is -1.56. The Morgan fingerprint density at radius 2 is 1.40 bits per heavy atom. The van der Waals surface area contributed by atoms with Crippen LogP contribution < -0.4 is 10.4 Å². The third-order valence-electron chi connectivity index (χ3n) is 6.22. The topological polar surface area (TPSA) is 0 Å². The van der Waals surface area contributed by atoms with Crippen LogP contribution in [0.2, 0.25) is 25.2 Å². The Balaban J connectivity index is 2.07. The quantitative estimate of drug-likeness (QED) is 0.610. The van der Waals surface area contributed by atoms with Gasteiger partial charge in [0.05, 0.1) is 0 Å². The summed E-state index contributed by atoms with van der Waals surface area (Å²) in [6, 6.07) is 25.6. The molecule has 3 rings (SSSR count). The summed E-state index contributed by atoms with van der Waals surface area (Å²) < 4.78 is 0. The predicted octanol–water partition coefficient (Wildman–Crippen LogP) is 5.56. The molecule has 0 nitrogen and oxygen atoms in total. The molecule has 0 radical (unpaired) electrons. The monoisotopic (exact) mass is 364 g/mol. The van der Waals surface area contributed by atoms with Gasteiger partial charge in [0, 0.05) is 0 Å². The molecule has 2 aromatic rings. The van der Waals surface area contributed by atoms with Crippen molar-refractivity contribution in [2.75, 3.05) is 0 Å². The molecular weight excluding hydrogens is 332 g/mol. The van der Waals surface area contributed by atoms with E-state index >= 15 is 0 Å². The second-order valence-electron chi connectivity index (χ2n) is 8.11. The summed E-state index contributed by atoms with van der Waals surface area (Å²) >= 11 is 0. The van der Waals surface area contributed by atoms with Gasteiger partial charge in [0.2, 0.25) is 0 Å². The van der Waals surface area contributed by atoms with Crippen molar-refractivity contribution in [3.63, 3.8) is 0 Å². The first-order valence-corrected chi connectivity index (χ1v) is 15.4. The molecule has 2 atom stereocenters. The van der Waals surface area contributed by atoms with Gasteiger partial charge in [-0.1, -0.05) is 133 Å². The Labute approximate surface area is 156 Å². The van der Waals surface area contributed by atoms with Crippen molar-refractivity contribution in [3.05, 3.63) is 71.6 Å². The molecule has 0 saturated heterocycles. The maximum atomic E-state index is 2.84. The van der Waals surface area contributed by atoms with Crippen molar-refractivity contribution in [2.24, 2.45) is 0 Å². The van der Waals surface area contributed by atoms with Crippen LogP contribution in [0.15, 0.2) is 71.6 Å². The average Bonchev–Trinajstić information content (AvgIpc) is 2.79. The van der Waals surface area contributed by atoms with Gasteiger partial charge in [-0.15, -0.1) is 0 Å². The molecule has 132 valence electrons. The lowest BCUT2D eigenvalue weighted by atomic mass is 10.2. The van der Waals surface area contributed by atoms with E-state index in [1.165, 1.54) is 37.8 Å². The van der Waals surface area contributed by atoms with Crippen LogP contribution in [0, 0.1) is 0 Å². The first kappa shape index (κ1) is 18.4. The van der Waals surface area contributed by atoms with Crippen molar-refractivity contribution >= 4 is 26.5 Å². The molecule has 2 aromatic carbocycles. The van der Waals surface area contributed by atoms with Gasteiger partial charge in [-0.05, 0) is 6.42 Å². The fourth-order valence-corrected chi connectivity index (χ4v) is 14.0. The van der Waals surface area contributed by atoms with E-state index in [9.17, 15) is 0 Å². The summed E-state index contributed by atoms with van der Waals surface area (Å²) in [6.45, 7) is 7.56. The molecule has 0 fully saturated rings. The van der Waals surface area contributed by atoms with E-state index in [0.29, 0.717) is 0 Å². The van der Waals surface area contributed by atoms with Gasteiger partial charge in [0.15, 0.2) is 0 Å². The fourth-order valence-electron chi connectivity index (χ4n) is 4.48. The number of rotatable bonds is 5. The van der Waals surface area contributed by atoms with E-state index in [0.717, 1.165) is 0 Å². The lowest BCUT2D eigenvalue weighted by Crippen LogP contribution is -2.47. The Bertz CT molecular complexity index is 707. The minimum absolute atomic E-state index is 1.29. The zero-order valence-electron chi connectivity index (χ0n) is 16.1. The van der Waals surface area contributed by atoms with Gasteiger partial charge in [-0.25, -0.2) is 0 Å². The van der Waals surface area contributed by atoms with Crippen molar-refractivity contribution in [1.29, 1.82) is 0 Å². The molecular formula is C23H32Si2. The molecule has 25 heavy (non-hydrogen) atoms. The van der Waals surface area contributed by atoms with E-state index in [1.807, 2.05) is 5.20 Å². The maximum Gasteiger partial charge on any atom is 0.109 e. The molecule has 0 unspecified atom stereocenters. The SMILES string of the molecule is CCCCC1=C[Si@](C)(c2ccccc2)CCC[Si@]1(C)c1ccccc1. The van der Waals surface area contributed by atoms with Crippen LogP contribution in [0.3, 0.4) is 0 Å². The molecule has 0 saturated carbocycles.